The van der Waals surface area contributed by atoms with Crippen molar-refractivity contribution >= 4 is 28.9 Å². The molecule has 1 aliphatic heterocycles. The number of aromatic nitrogens is 2. The first-order valence-corrected chi connectivity index (χ1v) is 9.90. The number of H-pyrrole nitrogens is 1. The Kier molecular flexibility index (Phi) is 6.87. The van der Waals surface area contributed by atoms with Gasteiger partial charge in [0.05, 0.1) is 11.9 Å². The highest BCUT2D eigenvalue weighted by atomic mass is 35.5. The molecule has 12 heteroatoms. The second-order valence-electron chi connectivity index (χ2n) is 7.21. The SMILES string of the molecule is C[C@@H](NC1=C(C(=N)C(N)=O)CN(c2cn[nH]c(=O)c2Cl)CC1)c1ccc(F)cc1C(F)F. The third-order valence-corrected chi connectivity index (χ3v) is 5.52. The van der Waals surface area contributed by atoms with E-state index in [4.69, 9.17) is 22.7 Å². The molecule has 0 spiro atoms. The van der Waals surface area contributed by atoms with E-state index in [9.17, 15) is 22.8 Å². The molecule has 1 aliphatic rings. The number of benzene rings is 1. The van der Waals surface area contributed by atoms with Gasteiger partial charge in [0.25, 0.3) is 17.9 Å². The van der Waals surface area contributed by atoms with E-state index in [1.807, 2.05) is 0 Å². The summed E-state index contributed by atoms with van der Waals surface area (Å²) in [6.07, 6.45) is -1.26. The quantitative estimate of drug-likeness (QED) is 0.464. The van der Waals surface area contributed by atoms with E-state index in [0.717, 1.165) is 12.1 Å². The first-order valence-electron chi connectivity index (χ1n) is 9.53. The van der Waals surface area contributed by atoms with Crippen LogP contribution < -0.4 is 21.5 Å². The van der Waals surface area contributed by atoms with Crippen molar-refractivity contribution in [2.75, 3.05) is 18.0 Å². The molecule has 0 fully saturated rings. The van der Waals surface area contributed by atoms with Crippen LogP contribution in [0.25, 0.3) is 0 Å². The zero-order chi connectivity index (χ0) is 23.6. The summed E-state index contributed by atoms with van der Waals surface area (Å²) in [6.45, 7) is 1.95. The Labute approximate surface area is 185 Å². The minimum Gasteiger partial charge on any atom is -0.381 e. The van der Waals surface area contributed by atoms with Gasteiger partial charge in [0, 0.05) is 42.4 Å². The van der Waals surface area contributed by atoms with Crippen molar-refractivity contribution in [3.8, 4) is 0 Å². The van der Waals surface area contributed by atoms with Gasteiger partial charge in [-0.1, -0.05) is 17.7 Å². The summed E-state index contributed by atoms with van der Waals surface area (Å²) in [5.41, 5.74) is 4.99. The number of halogens is 4. The van der Waals surface area contributed by atoms with Crippen LogP contribution in [0.2, 0.25) is 5.02 Å². The van der Waals surface area contributed by atoms with Crippen LogP contribution in [0.5, 0.6) is 0 Å². The Bertz CT molecular complexity index is 1150. The molecular formula is C20H20ClF3N6O2. The number of nitrogens with one attached hydrogen (secondary N) is 3. The highest BCUT2D eigenvalue weighted by Gasteiger charge is 2.28. The van der Waals surface area contributed by atoms with Crippen LogP contribution in [-0.2, 0) is 4.79 Å². The molecule has 5 N–H and O–H groups in total. The van der Waals surface area contributed by atoms with Crippen LogP contribution in [0, 0.1) is 11.2 Å². The first-order chi connectivity index (χ1) is 15.1. The summed E-state index contributed by atoms with van der Waals surface area (Å²) in [5.74, 6) is -1.75. The lowest BCUT2D eigenvalue weighted by Gasteiger charge is -2.34. The normalized spacial score (nSPS) is 15.1. The van der Waals surface area contributed by atoms with Crippen molar-refractivity contribution < 1.29 is 18.0 Å². The summed E-state index contributed by atoms with van der Waals surface area (Å²) >= 11 is 6.07. The number of hydrogen-bond acceptors (Lipinski definition) is 6. The van der Waals surface area contributed by atoms with Gasteiger partial charge in [-0.2, -0.15) is 5.10 Å². The zero-order valence-corrected chi connectivity index (χ0v) is 17.6. The molecule has 0 radical (unpaired) electrons. The second kappa shape index (κ2) is 9.43. The topological polar surface area (TPSA) is 128 Å². The van der Waals surface area contributed by atoms with Gasteiger partial charge < -0.3 is 16.0 Å². The molecule has 1 atom stereocenters. The maximum atomic E-state index is 13.5. The summed E-state index contributed by atoms with van der Waals surface area (Å²) in [4.78, 5) is 25.2. The van der Waals surface area contributed by atoms with Gasteiger partial charge in [-0.25, -0.2) is 18.3 Å². The molecule has 1 aromatic heterocycles. The van der Waals surface area contributed by atoms with Crippen molar-refractivity contribution in [1.29, 1.82) is 5.41 Å². The smallest absolute Gasteiger partial charge is 0.285 e. The van der Waals surface area contributed by atoms with Crippen molar-refractivity contribution in [1.82, 2.24) is 15.5 Å². The number of nitrogens with zero attached hydrogens (tertiary/aromatic N) is 2. The van der Waals surface area contributed by atoms with Crippen molar-refractivity contribution in [3.63, 3.8) is 0 Å². The van der Waals surface area contributed by atoms with Gasteiger partial charge in [-0.15, -0.1) is 0 Å². The number of carbonyl (C=O) groups excluding carboxylic acids is 1. The zero-order valence-electron chi connectivity index (χ0n) is 16.9. The largest absolute Gasteiger partial charge is 0.381 e. The molecule has 2 heterocycles. The van der Waals surface area contributed by atoms with E-state index in [0.29, 0.717) is 17.9 Å². The molecule has 1 amide bonds. The van der Waals surface area contributed by atoms with Crippen LogP contribution in [0.3, 0.4) is 0 Å². The number of alkyl halides is 2. The van der Waals surface area contributed by atoms with Crippen molar-refractivity contribution in [2.24, 2.45) is 5.73 Å². The van der Waals surface area contributed by atoms with Gasteiger partial charge in [0.2, 0.25) is 0 Å². The fourth-order valence-corrected chi connectivity index (χ4v) is 3.78. The minimum absolute atomic E-state index is 0.00675. The molecule has 1 aromatic carbocycles. The van der Waals surface area contributed by atoms with Crippen LogP contribution >= 0.6 is 11.6 Å². The molecule has 0 saturated carbocycles. The monoisotopic (exact) mass is 468 g/mol. The molecule has 0 bridgehead atoms. The van der Waals surface area contributed by atoms with E-state index in [1.165, 1.54) is 12.3 Å². The fourth-order valence-electron chi connectivity index (χ4n) is 3.57. The Morgan fingerprint density at radius 3 is 2.75 bits per heavy atom. The summed E-state index contributed by atoms with van der Waals surface area (Å²) in [5, 5.41) is 17.0. The van der Waals surface area contributed by atoms with E-state index in [2.05, 4.69) is 15.5 Å². The number of aromatic amines is 1. The van der Waals surface area contributed by atoms with E-state index in [-0.39, 0.29) is 29.1 Å². The molecule has 170 valence electrons. The molecule has 0 unspecified atom stereocenters. The lowest BCUT2D eigenvalue weighted by atomic mass is 9.97. The third-order valence-electron chi connectivity index (χ3n) is 5.15. The van der Waals surface area contributed by atoms with Gasteiger partial charge >= 0.3 is 0 Å². The number of carbonyl (C=O) groups is 1. The summed E-state index contributed by atoms with van der Waals surface area (Å²) in [6, 6.07) is 2.46. The Balaban J connectivity index is 1.96. The van der Waals surface area contributed by atoms with Crippen LogP contribution in [0.15, 0.2) is 40.5 Å². The van der Waals surface area contributed by atoms with Gasteiger partial charge in [0.15, 0.2) is 0 Å². The first kappa shape index (κ1) is 23.3. The van der Waals surface area contributed by atoms with Crippen LogP contribution in [-0.4, -0.2) is 34.9 Å². The van der Waals surface area contributed by atoms with Gasteiger partial charge in [-0.05, 0) is 24.6 Å². The fraction of sp³-hybridized carbons (Fsp3) is 0.300. The maximum absolute atomic E-state index is 13.5. The molecular weight excluding hydrogens is 449 g/mol. The molecule has 3 rings (SSSR count). The number of anilines is 1. The Morgan fingerprint density at radius 1 is 1.38 bits per heavy atom. The number of hydrogen-bond donors (Lipinski definition) is 4. The third kappa shape index (κ3) is 4.77. The van der Waals surface area contributed by atoms with E-state index < -0.39 is 41.0 Å². The lowest BCUT2D eigenvalue weighted by Crippen LogP contribution is -2.41. The molecule has 0 saturated heterocycles. The van der Waals surface area contributed by atoms with E-state index in [1.54, 1.807) is 11.8 Å². The highest BCUT2D eigenvalue weighted by Crippen LogP contribution is 2.31. The lowest BCUT2D eigenvalue weighted by molar-refractivity contribution is -0.112. The van der Waals surface area contributed by atoms with Gasteiger partial charge in [0.1, 0.15) is 16.6 Å². The Morgan fingerprint density at radius 2 is 2.09 bits per heavy atom. The standard InChI is InChI=1S/C20H20ClF3N6O2/c1-9(11-3-2-10(22)6-12(11)18(23)24)28-14-4-5-30(8-13(14)17(25)19(26)31)15-7-27-29-20(32)16(15)21/h2-3,6-7,9,18,25,28H,4-5,8H2,1H3,(H2,26,31)(H,29,32)/t9-/m1/s1. The van der Waals surface area contributed by atoms with Gasteiger partial charge in [-0.3, -0.25) is 15.0 Å². The average Bonchev–Trinajstić information content (AvgIpc) is 2.75. The number of rotatable bonds is 7. The number of amides is 1. The molecule has 0 aliphatic carbocycles. The van der Waals surface area contributed by atoms with Crippen LogP contribution in [0.4, 0.5) is 18.9 Å². The highest BCUT2D eigenvalue weighted by molar-refractivity contribution is 6.44. The number of primary amides is 1. The predicted octanol–water partition coefficient (Wildman–Crippen LogP) is 2.82. The van der Waals surface area contributed by atoms with Crippen molar-refractivity contribution in [2.45, 2.75) is 25.8 Å². The molecule has 2 aromatic rings. The van der Waals surface area contributed by atoms with E-state index >= 15 is 0 Å². The maximum Gasteiger partial charge on any atom is 0.285 e. The molecule has 8 nitrogen and oxygen atoms in total. The predicted molar refractivity (Wildman–Crippen MR) is 114 cm³/mol. The summed E-state index contributed by atoms with van der Waals surface area (Å²) in [7, 11) is 0. The number of nitrogens with two attached hydrogens (primary N) is 1. The van der Waals surface area contributed by atoms with Crippen LogP contribution in [0.1, 0.15) is 36.9 Å². The molecule has 32 heavy (non-hydrogen) atoms. The summed E-state index contributed by atoms with van der Waals surface area (Å²) < 4.78 is 40.3. The average molecular weight is 469 g/mol. The van der Waals surface area contributed by atoms with Crippen molar-refractivity contribution in [3.05, 3.63) is 68.0 Å². The second-order valence-corrected chi connectivity index (χ2v) is 7.58. The minimum atomic E-state index is -2.88. The Hall–Kier alpha value is -3.34.